The predicted octanol–water partition coefficient (Wildman–Crippen LogP) is 4.50. The summed E-state index contributed by atoms with van der Waals surface area (Å²) < 4.78 is 0. The second kappa shape index (κ2) is 6.01. The van der Waals surface area contributed by atoms with Crippen molar-refractivity contribution in [1.82, 2.24) is 5.32 Å². The molecule has 0 radical (unpaired) electrons. The molecule has 0 aliphatic heterocycles. The molecule has 4 heteroatoms. The number of nitrogens with one attached hydrogen (secondary N) is 2. The molecular weight excluding hydrogens is 296 g/mol. The van der Waals surface area contributed by atoms with Gasteiger partial charge in [-0.15, -0.1) is 0 Å². The second-order valence-electron chi connectivity index (χ2n) is 5.91. The van der Waals surface area contributed by atoms with Crippen molar-refractivity contribution in [1.29, 1.82) is 0 Å². The van der Waals surface area contributed by atoms with Crippen LogP contribution in [0.15, 0.2) is 48.5 Å². The summed E-state index contributed by atoms with van der Waals surface area (Å²) in [5, 5.41) is 6.47. The van der Waals surface area contributed by atoms with Crippen LogP contribution in [0.1, 0.15) is 24.0 Å². The zero-order valence-electron chi connectivity index (χ0n) is 12.5. The second-order valence-corrected chi connectivity index (χ2v) is 6.35. The number of carbonyl (C=O) groups excluding carboxylic acids is 1. The summed E-state index contributed by atoms with van der Waals surface area (Å²) in [6.45, 7) is 2.60. The molecule has 1 aliphatic rings. The van der Waals surface area contributed by atoms with E-state index < -0.39 is 0 Å². The van der Waals surface area contributed by atoms with Crippen molar-refractivity contribution in [2.45, 2.75) is 25.2 Å². The number of rotatable bonds is 4. The number of amides is 2. The minimum atomic E-state index is -0.187. The third-order valence-corrected chi connectivity index (χ3v) is 4.51. The zero-order valence-corrected chi connectivity index (χ0v) is 13.3. The van der Waals surface area contributed by atoms with Crippen LogP contribution in [0, 0.1) is 6.92 Å². The molecule has 114 valence electrons. The monoisotopic (exact) mass is 314 g/mol. The molecule has 3 nitrogen and oxygen atoms in total. The lowest BCUT2D eigenvalue weighted by atomic mass is 9.96. The molecular formula is C18H19ClN2O. The smallest absolute Gasteiger partial charge is 0.319 e. The van der Waals surface area contributed by atoms with E-state index in [9.17, 15) is 4.79 Å². The minimum Gasteiger partial charge on any atom is -0.337 e. The Bertz CT molecular complexity index is 681. The van der Waals surface area contributed by atoms with Gasteiger partial charge in [0.2, 0.25) is 0 Å². The first-order chi connectivity index (χ1) is 10.6. The van der Waals surface area contributed by atoms with Crippen molar-refractivity contribution in [2.75, 3.05) is 11.9 Å². The van der Waals surface area contributed by atoms with E-state index in [1.807, 2.05) is 37.3 Å². The highest BCUT2D eigenvalue weighted by Crippen LogP contribution is 2.47. The molecule has 0 heterocycles. The number of anilines is 1. The maximum atomic E-state index is 12.1. The van der Waals surface area contributed by atoms with Crippen molar-refractivity contribution in [3.63, 3.8) is 0 Å². The Hall–Kier alpha value is -2.00. The summed E-state index contributed by atoms with van der Waals surface area (Å²) in [6, 6.07) is 15.7. The SMILES string of the molecule is Cc1ccc(Cl)cc1NC(=O)NCC1(c2ccccc2)CC1. The number of halogens is 1. The first-order valence-electron chi connectivity index (χ1n) is 7.46. The van der Waals surface area contributed by atoms with Crippen LogP contribution in [0.2, 0.25) is 5.02 Å². The molecule has 1 aliphatic carbocycles. The number of hydrogen-bond acceptors (Lipinski definition) is 1. The lowest BCUT2D eigenvalue weighted by Gasteiger charge is -2.17. The molecule has 22 heavy (non-hydrogen) atoms. The molecule has 2 amide bonds. The predicted molar refractivity (Wildman–Crippen MR) is 90.6 cm³/mol. The van der Waals surface area contributed by atoms with E-state index in [1.165, 1.54) is 5.56 Å². The van der Waals surface area contributed by atoms with Gasteiger partial charge in [-0.3, -0.25) is 0 Å². The van der Waals surface area contributed by atoms with Crippen LogP contribution in [0.5, 0.6) is 0 Å². The molecule has 3 rings (SSSR count). The number of benzene rings is 2. The van der Waals surface area contributed by atoms with Crippen LogP contribution in [-0.4, -0.2) is 12.6 Å². The molecule has 0 atom stereocenters. The van der Waals surface area contributed by atoms with Crippen LogP contribution >= 0.6 is 11.6 Å². The molecule has 0 aromatic heterocycles. The fraction of sp³-hybridized carbons (Fsp3) is 0.278. The van der Waals surface area contributed by atoms with Gasteiger partial charge < -0.3 is 10.6 Å². The Morgan fingerprint density at radius 1 is 1.18 bits per heavy atom. The highest BCUT2D eigenvalue weighted by atomic mass is 35.5. The molecule has 1 saturated carbocycles. The van der Waals surface area contributed by atoms with Crippen LogP contribution in [0.25, 0.3) is 0 Å². The van der Waals surface area contributed by atoms with Gasteiger partial charge in [0.15, 0.2) is 0 Å². The van der Waals surface area contributed by atoms with E-state index in [2.05, 4.69) is 22.8 Å². The van der Waals surface area contributed by atoms with E-state index >= 15 is 0 Å². The molecule has 2 aromatic carbocycles. The topological polar surface area (TPSA) is 41.1 Å². The van der Waals surface area contributed by atoms with Crippen molar-refractivity contribution < 1.29 is 4.79 Å². The van der Waals surface area contributed by atoms with Crippen LogP contribution in [-0.2, 0) is 5.41 Å². The summed E-state index contributed by atoms with van der Waals surface area (Å²) in [5.41, 5.74) is 3.15. The van der Waals surface area contributed by atoms with Gasteiger partial charge in [-0.1, -0.05) is 48.0 Å². The van der Waals surface area contributed by atoms with Crippen molar-refractivity contribution in [3.05, 3.63) is 64.7 Å². The first kappa shape index (κ1) is 14.9. The molecule has 2 aromatic rings. The summed E-state index contributed by atoms with van der Waals surface area (Å²) in [7, 11) is 0. The van der Waals surface area contributed by atoms with Crippen LogP contribution in [0.4, 0.5) is 10.5 Å². The molecule has 1 fully saturated rings. The number of urea groups is 1. The van der Waals surface area contributed by atoms with Crippen molar-refractivity contribution >= 4 is 23.3 Å². The fourth-order valence-corrected chi connectivity index (χ4v) is 2.83. The highest BCUT2D eigenvalue weighted by molar-refractivity contribution is 6.31. The summed E-state index contributed by atoms with van der Waals surface area (Å²) in [6.07, 6.45) is 2.24. The third kappa shape index (κ3) is 3.25. The standard InChI is InChI=1S/C18H19ClN2O/c1-13-7-8-15(19)11-16(13)21-17(22)20-12-18(9-10-18)14-5-3-2-4-6-14/h2-8,11H,9-10,12H2,1H3,(H2,20,21,22). The Labute approximate surface area is 135 Å². The van der Waals surface area contributed by atoms with E-state index in [-0.39, 0.29) is 11.4 Å². The normalized spacial score (nSPS) is 15.2. The zero-order chi connectivity index (χ0) is 15.6. The molecule has 0 bridgehead atoms. The lowest BCUT2D eigenvalue weighted by Crippen LogP contribution is -2.35. The minimum absolute atomic E-state index is 0.113. The third-order valence-electron chi connectivity index (χ3n) is 4.27. The van der Waals surface area contributed by atoms with Gasteiger partial charge in [0, 0.05) is 22.7 Å². The Balaban J connectivity index is 1.60. The van der Waals surface area contributed by atoms with Crippen molar-refractivity contribution in [2.24, 2.45) is 0 Å². The summed E-state index contributed by atoms with van der Waals surface area (Å²) >= 11 is 5.97. The van der Waals surface area contributed by atoms with E-state index in [0.717, 1.165) is 24.1 Å². The number of carbonyl (C=O) groups is 1. The van der Waals surface area contributed by atoms with Crippen LogP contribution in [0.3, 0.4) is 0 Å². The highest BCUT2D eigenvalue weighted by Gasteiger charge is 2.44. The average Bonchev–Trinajstić information content (AvgIpc) is 3.31. The average molecular weight is 315 g/mol. The van der Waals surface area contributed by atoms with Crippen LogP contribution < -0.4 is 10.6 Å². The largest absolute Gasteiger partial charge is 0.337 e. The van der Waals surface area contributed by atoms with Gasteiger partial charge in [0.05, 0.1) is 0 Å². The molecule has 0 saturated heterocycles. The van der Waals surface area contributed by atoms with Gasteiger partial charge in [-0.25, -0.2) is 4.79 Å². The van der Waals surface area contributed by atoms with E-state index in [0.29, 0.717) is 11.6 Å². The summed E-state index contributed by atoms with van der Waals surface area (Å²) in [4.78, 5) is 12.1. The Kier molecular flexibility index (Phi) is 4.08. The van der Waals surface area contributed by atoms with Gasteiger partial charge in [0.25, 0.3) is 0 Å². The van der Waals surface area contributed by atoms with Gasteiger partial charge >= 0.3 is 6.03 Å². The quantitative estimate of drug-likeness (QED) is 0.857. The maximum absolute atomic E-state index is 12.1. The van der Waals surface area contributed by atoms with Gasteiger partial charge in [0.1, 0.15) is 0 Å². The molecule has 0 unspecified atom stereocenters. The van der Waals surface area contributed by atoms with Crippen molar-refractivity contribution in [3.8, 4) is 0 Å². The molecule has 0 spiro atoms. The van der Waals surface area contributed by atoms with Gasteiger partial charge in [-0.2, -0.15) is 0 Å². The number of aryl methyl sites for hydroxylation is 1. The summed E-state index contributed by atoms with van der Waals surface area (Å²) in [5.74, 6) is 0. The Morgan fingerprint density at radius 2 is 1.91 bits per heavy atom. The van der Waals surface area contributed by atoms with Gasteiger partial charge in [-0.05, 0) is 43.0 Å². The van der Waals surface area contributed by atoms with E-state index in [4.69, 9.17) is 11.6 Å². The first-order valence-corrected chi connectivity index (χ1v) is 7.83. The fourth-order valence-electron chi connectivity index (χ4n) is 2.65. The molecule has 2 N–H and O–H groups in total. The maximum Gasteiger partial charge on any atom is 0.319 e. The van der Waals surface area contributed by atoms with E-state index in [1.54, 1.807) is 6.07 Å². The number of hydrogen-bond donors (Lipinski definition) is 2. The lowest BCUT2D eigenvalue weighted by molar-refractivity contribution is 0.251. The Morgan fingerprint density at radius 3 is 2.59 bits per heavy atom.